The smallest absolute Gasteiger partial charge is 0.114 e. The van der Waals surface area contributed by atoms with E-state index in [2.05, 4.69) is 13.2 Å². The van der Waals surface area contributed by atoms with Crippen molar-refractivity contribution >= 4 is 11.8 Å². The third-order valence-corrected chi connectivity index (χ3v) is 3.43. The second kappa shape index (κ2) is 3.17. The van der Waals surface area contributed by atoms with Gasteiger partial charge in [0.25, 0.3) is 0 Å². The monoisotopic (exact) mass is 182 g/mol. The molecule has 0 fully saturated rings. The highest BCUT2D eigenvalue weighted by atomic mass is 32.2. The van der Waals surface area contributed by atoms with Crippen molar-refractivity contribution in [2.24, 2.45) is 0 Å². The Hall–Kier alpha value is -0.370. The van der Waals surface area contributed by atoms with E-state index in [0.29, 0.717) is 0 Å². The molecule has 0 aliphatic heterocycles. The van der Waals surface area contributed by atoms with Crippen LogP contribution in [-0.4, -0.2) is 6.26 Å². The van der Waals surface area contributed by atoms with Crippen LogP contribution in [0.5, 0.6) is 0 Å². The summed E-state index contributed by atoms with van der Waals surface area (Å²) in [4.78, 5) is 1.39. The third kappa shape index (κ3) is 1.18. The van der Waals surface area contributed by atoms with E-state index in [1.54, 1.807) is 0 Å². The van der Waals surface area contributed by atoms with Crippen molar-refractivity contribution in [3.8, 4) is 0 Å². The van der Waals surface area contributed by atoms with Crippen molar-refractivity contribution < 1.29 is 4.42 Å². The molecule has 0 amide bonds. The minimum atomic E-state index is 1.12. The lowest BCUT2D eigenvalue weighted by Crippen LogP contribution is -1.99. The summed E-state index contributed by atoms with van der Waals surface area (Å²) in [6.45, 7) is 2.07. The molecule has 1 aliphatic carbocycles. The summed E-state index contributed by atoms with van der Waals surface area (Å²) in [7, 11) is 0. The normalized spacial score (nSPS) is 16.2. The van der Waals surface area contributed by atoms with Crippen molar-refractivity contribution in [3.63, 3.8) is 0 Å². The van der Waals surface area contributed by atoms with Gasteiger partial charge < -0.3 is 4.42 Å². The molecule has 1 nitrogen and oxygen atoms in total. The van der Waals surface area contributed by atoms with Crippen molar-refractivity contribution in [1.82, 2.24) is 0 Å². The minimum Gasteiger partial charge on any atom is -0.465 e. The van der Waals surface area contributed by atoms with E-state index < -0.39 is 0 Å². The quantitative estimate of drug-likeness (QED) is 0.619. The SMILES string of the molecule is CSc1c(C)oc2c1CCCC2. The number of hydrogen-bond acceptors (Lipinski definition) is 2. The number of thioether (sulfide) groups is 1. The summed E-state index contributed by atoms with van der Waals surface area (Å²) >= 11 is 1.82. The average molecular weight is 182 g/mol. The number of fused-ring (bicyclic) bond motifs is 1. The van der Waals surface area contributed by atoms with Gasteiger partial charge in [0, 0.05) is 12.0 Å². The number of furan rings is 1. The topological polar surface area (TPSA) is 13.1 Å². The van der Waals surface area contributed by atoms with Crippen molar-refractivity contribution in [3.05, 3.63) is 17.1 Å². The summed E-state index contributed by atoms with van der Waals surface area (Å²) in [5.41, 5.74) is 1.49. The van der Waals surface area contributed by atoms with E-state index >= 15 is 0 Å². The molecule has 1 aliphatic rings. The molecule has 0 radical (unpaired) electrons. The van der Waals surface area contributed by atoms with Crippen LogP contribution in [0.4, 0.5) is 0 Å². The first-order valence-electron chi connectivity index (χ1n) is 4.48. The van der Waals surface area contributed by atoms with Gasteiger partial charge in [0.1, 0.15) is 11.5 Å². The van der Waals surface area contributed by atoms with Crippen molar-refractivity contribution in [2.45, 2.75) is 37.5 Å². The lowest BCUT2D eigenvalue weighted by atomic mass is 9.99. The molecule has 1 heterocycles. The maximum Gasteiger partial charge on any atom is 0.114 e. The maximum atomic E-state index is 5.71. The predicted octanol–water partition coefficient (Wildman–Crippen LogP) is 3.19. The van der Waals surface area contributed by atoms with E-state index in [0.717, 1.165) is 12.2 Å². The fraction of sp³-hybridized carbons (Fsp3) is 0.600. The average Bonchev–Trinajstić information content (AvgIpc) is 2.40. The van der Waals surface area contributed by atoms with Crippen LogP contribution >= 0.6 is 11.8 Å². The van der Waals surface area contributed by atoms with Gasteiger partial charge in [-0.1, -0.05) is 0 Å². The van der Waals surface area contributed by atoms with Gasteiger partial charge in [-0.05, 0) is 32.4 Å². The van der Waals surface area contributed by atoms with Crippen LogP contribution < -0.4 is 0 Å². The van der Waals surface area contributed by atoms with Crippen molar-refractivity contribution in [1.29, 1.82) is 0 Å². The highest BCUT2D eigenvalue weighted by molar-refractivity contribution is 7.98. The highest BCUT2D eigenvalue weighted by Gasteiger charge is 2.19. The number of aryl methyl sites for hydroxylation is 2. The second-order valence-corrected chi connectivity index (χ2v) is 4.12. The molecule has 0 saturated carbocycles. The van der Waals surface area contributed by atoms with Crippen LogP contribution in [0.15, 0.2) is 9.31 Å². The molecule has 0 N–H and O–H groups in total. The summed E-state index contributed by atoms with van der Waals surface area (Å²) in [6.07, 6.45) is 7.14. The number of hydrogen-bond donors (Lipinski definition) is 0. The van der Waals surface area contributed by atoms with Gasteiger partial charge >= 0.3 is 0 Å². The Balaban J connectivity index is 2.46. The van der Waals surface area contributed by atoms with E-state index in [4.69, 9.17) is 4.42 Å². The Morgan fingerprint density at radius 2 is 2.00 bits per heavy atom. The minimum absolute atomic E-state index is 1.12. The molecule has 2 rings (SSSR count). The van der Waals surface area contributed by atoms with Gasteiger partial charge in [-0.2, -0.15) is 0 Å². The van der Waals surface area contributed by atoms with Crippen LogP contribution in [-0.2, 0) is 12.8 Å². The molecule has 0 spiro atoms. The van der Waals surface area contributed by atoms with Crippen LogP contribution in [0.1, 0.15) is 29.9 Å². The lowest BCUT2D eigenvalue weighted by Gasteiger charge is -2.09. The van der Waals surface area contributed by atoms with Gasteiger partial charge in [-0.25, -0.2) is 0 Å². The zero-order valence-corrected chi connectivity index (χ0v) is 8.46. The molecule has 66 valence electrons. The molecule has 2 heteroatoms. The Morgan fingerprint density at radius 3 is 2.75 bits per heavy atom. The first-order chi connectivity index (χ1) is 5.83. The van der Waals surface area contributed by atoms with Crippen LogP contribution in [0.3, 0.4) is 0 Å². The first kappa shape index (κ1) is 8.24. The Kier molecular flexibility index (Phi) is 2.18. The molecule has 1 aromatic heterocycles. The maximum absolute atomic E-state index is 5.71. The third-order valence-electron chi connectivity index (χ3n) is 2.49. The summed E-state index contributed by atoms with van der Waals surface area (Å²) in [5, 5.41) is 0. The fourth-order valence-electron chi connectivity index (χ4n) is 1.94. The Labute approximate surface area is 77.5 Å². The lowest BCUT2D eigenvalue weighted by molar-refractivity contribution is 0.456. The Morgan fingerprint density at radius 1 is 1.25 bits per heavy atom. The summed E-state index contributed by atoms with van der Waals surface area (Å²) in [5.74, 6) is 2.37. The van der Waals surface area contributed by atoms with E-state index in [-0.39, 0.29) is 0 Å². The van der Waals surface area contributed by atoms with E-state index in [9.17, 15) is 0 Å². The van der Waals surface area contributed by atoms with Gasteiger partial charge in [0.15, 0.2) is 0 Å². The predicted molar refractivity (Wildman–Crippen MR) is 51.9 cm³/mol. The molecule has 0 saturated heterocycles. The first-order valence-corrected chi connectivity index (χ1v) is 5.70. The highest BCUT2D eigenvalue weighted by Crippen LogP contribution is 2.34. The van der Waals surface area contributed by atoms with Crippen LogP contribution in [0.25, 0.3) is 0 Å². The largest absolute Gasteiger partial charge is 0.465 e. The molecule has 0 atom stereocenters. The number of rotatable bonds is 1. The standard InChI is InChI=1S/C10H14OS/c1-7-10(12-2)8-5-3-4-6-9(8)11-7/h3-6H2,1-2H3. The molecule has 0 bridgehead atoms. The molecule has 1 aromatic rings. The fourth-order valence-corrected chi connectivity index (χ4v) is 2.73. The van der Waals surface area contributed by atoms with E-state index in [1.807, 2.05) is 11.8 Å². The molecule has 12 heavy (non-hydrogen) atoms. The van der Waals surface area contributed by atoms with E-state index in [1.165, 1.54) is 35.5 Å². The van der Waals surface area contributed by atoms with Gasteiger partial charge in [-0.15, -0.1) is 11.8 Å². The van der Waals surface area contributed by atoms with Gasteiger partial charge in [0.2, 0.25) is 0 Å². The molecule has 0 aromatic carbocycles. The summed E-state index contributed by atoms with van der Waals surface area (Å²) in [6, 6.07) is 0. The van der Waals surface area contributed by atoms with Gasteiger partial charge in [0.05, 0.1) is 4.90 Å². The molecular weight excluding hydrogens is 168 g/mol. The Bertz CT molecular complexity index is 288. The zero-order chi connectivity index (χ0) is 8.55. The van der Waals surface area contributed by atoms with Crippen molar-refractivity contribution in [2.75, 3.05) is 6.26 Å². The zero-order valence-electron chi connectivity index (χ0n) is 7.64. The molecule has 0 unspecified atom stereocenters. The second-order valence-electron chi connectivity index (χ2n) is 3.30. The van der Waals surface area contributed by atoms with Crippen LogP contribution in [0.2, 0.25) is 0 Å². The van der Waals surface area contributed by atoms with Gasteiger partial charge in [-0.3, -0.25) is 0 Å². The van der Waals surface area contributed by atoms with Crippen LogP contribution in [0, 0.1) is 6.92 Å². The summed E-state index contributed by atoms with van der Waals surface area (Å²) < 4.78 is 5.71. The molecular formula is C10H14OS.